The number of carbonyl (C=O) groups excluding carboxylic acids is 2. The van der Waals surface area contributed by atoms with Crippen LogP contribution in [0.3, 0.4) is 0 Å². The SMILES string of the molecule is COc1c(Cl)ccc(Cl)c1C(=O)OCCN(CCOC(=O)c1c(Cl)ccc(Cl)c1OC)c1ccccc1. The van der Waals surface area contributed by atoms with Crippen LogP contribution < -0.4 is 14.4 Å². The third-order valence-electron chi connectivity index (χ3n) is 5.24. The lowest BCUT2D eigenvalue weighted by atomic mass is 10.2. The molecule has 0 aliphatic heterocycles. The number of para-hydroxylation sites is 1. The summed E-state index contributed by atoms with van der Waals surface area (Å²) in [6.45, 7) is 0.632. The average Bonchev–Trinajstić information content (AvgIpc) is 2.90. The highest BCUT2D eigenvalue weighted by atomic mass is 35.5. The van der Waals surface area contributed by atoms with Gasteiger partial charge in [0.15, 0.2) is 11.5 Å². The number of ether oxygens (including phenoxy) is 4. The van der Waals surface area contributed by atoms with Crippen LogP contribution in [0.2, 0.25) is 20.1 Å². The van der Waals surface area contributed by atoms with Crippen molar-refractivity contribution in [2.24, 2.45) is 0 Å². The zero-order chi connectivity index (χ0) is 26.9. The Morgan fingerprint density at radius 2 is 1.05 bits per heavy atom. The number of anilines is 1. The van der Waals surface area contributed by atoms with Crippen molar-refractivity contribution in [2.45, 2.75) is 0 Å². The van der Waals surface area contributed by atoms with Crippen LogP contribution in [-0.4, -0.2) is 52.5 Å². The molecule has 3 aromatic rings. The number of carbonyl (C=O) groups is 2. The molecule has 0 saturated heterocycles. The Hall–Kier alpha value is -2.84. The van der Waals surface area contributed by atoms with Crippen molar-refractivity contribution < 1.29 is 28.5 Å². The summed E-state index contributed by atoms with van der Waals surface area (Å²) in [7, 11) is 2.78. The fourth-order valence-electron chi connectivity index (χ4n) is 3.50. The molecule has 0 unspecified atom stereocenters. The summed E-state index contributed by atoms with van der Waals surface area (Å²) in [6, 6.07) is 15.4. The van der Waals surface area contributed by atoms with Gasteiger partial charge in [-0.25, -0.2) is 9.59 Å². The smallest absolute Gasteiger partial charge is 0.343 e. The van der Waals surface area contributed by atoms with Crippen molar-refractivity contribution in [1.29, 1.82) is 0 Å². The molecule has 7 nitrogen and oxygen atoms in total. The molecule has 0 atom stereocenters. The van der Waals surface area contributed by atoms with Crippen LogP contribution in [-0.2, 0) is 9.47 Å². The van der Waals surface area contributed by atoms with E-state index in [1.165, 1.54) is 38.5 Å². The highest BCUT2D eigenvalue weighted by Crippen LogP contribution is 2.35. The molecule has 0 saturated carbocycles. The molecule has 0 aliphatic carbocycles. The topological polar surface area (TPSA) is 74.3 Å². The molecule has 3 rings (SSSR count). The lowest BCUT2D eigenvalue weighted by Gasteiger charge is -2.24. The van der Waals surface area contributed by atoms with Gasteiger partial charge in [0.25, 0.3) is 0 Å². The Bertz CT molecular complexity index is 1180. The lowest BCUT2D eigenvalue weighted by molar-refractivity contribution is 0.0501. The van der Waals surface area contributed by atoms with Gasteiger partial charge in [-0.3, -0.25) is 0 Å². The molecule has 0 heterocycles. The van der Waals surface area contributed by atoms with Crippen LogP contribution in [0.25, 0.3) is 0 Å². The Morgan fingerprint density at radius 3 is 1.46 bits per heavy atom. The minimum Gasteiger partial charge on any atom is -0.494 e. The maximum Gasteiger partial charge on any atom is 0.343 e. The number of halogens is 4. The largest absolute Gasteiger partial charge is 0.494 e. The molecule has 0 aliphatic rings. The van der Waals surface area contributed by atoms with Gasteiger partial charge in [-0.1, -0.05) is 64.6 Å². The van der Waals surface area contributed by atoms with Gasteiger partial charge in [-0.15, -0.1) is 0 Å². The highest BCUT2D eigenvalue weighted by Gasteiger charge is 2.23. The molecule has 0 amide bonds. The van der Waals surface area contributed by atoms with E-state index in [0.717, 1.165) is 5.69 Å². The van der Waals surface area contributed by atoms with Crippen LogP contribution in [0.15, 0.2) is 54.6 Å². The Labute approximate surface area is 234 Å². The molecule has 0 fully saturated rings. The molecule has 0 bridgehead atoms. The fourth-order valence-corrected chi connectivity index (χ4v) is 4.42. The first-order valence-electron chi connectivity index (χ1n) is 11.0. The first kappa shape index (κ1) is 28.7. The molecule has 0 N–H and O–H groups in total. The number of hydrogen-bond acceptors (Lipinski definition) is 7. The summed E-state index contributed by atoms with van der Waals surface area (Å²) in [5.41, 5.74) is 0.930. The van der Waals surface area contributed by atoms with E-state index in [2.05, 4.69) is 0 Å². The molecule has 3 aromatic carbocycles. The van der Waals surface area contributed by atoms with Crippen molar-refractivity contribution in [3.8, 4) is 11.5 Å². The van der Waals surface area contributed by atoms with Gasteiger partial charge < -0.3 is 23.8 Å². The molecule has 0 aromatic heterocycles. The quantitative estimate of drug-likeness (QED) is 0.228. The van der Waals surface area contributed by atoms with E-state index >= 15 is 0 Å². The maximum atomic E-state index is 12.7. The maximum absolute atomic E-state index is 12.7. The number of nitrogens with zero attached hydrogens (tertiary/aromatic N) is 1. The van der Waals surface area contributed by atoms with Crippen LogP contribution in [0.1, 0.15) is 20.7 Å². The summed E-state index contributed by atoms with van der Waals surface area (Å²) in [5.74, 6) is -1.07. The van der Waals surface area contributed by atoms with Gasteiger partial charge in [-0.2, -0.15) is 0 Å². The van der Waals surface area contributed by atoms with E-state index in [9.17, 15) is 9.59 Å². The Kier molecular flexibility index (Phi) is 10.6. The van der Waals surface area contributed by atoms with E-state index in [1.54, 1.807) is 0 Å². The van der Waals surface area contributed by atoms with Gasteiger partial charge in [0.1, 0.15) is 24.3 Å². The van der Waals surface area contributed by atoms with E-state index in [0.29, 0.717) is 13.1 Å². The molecule has 37 heavy (non-hydrogen) atoms. The summed E-state index contributed by atoms with van der Waals surface area (Å²) >= 11 is 24.6. The van der Waals surface area contributed by atoms with Crippen LogP contribution >= 0.6 is 46.4 Å². The minimum atomic E-state index is -0.675. The zero-order valence-electron chi connectivity index (χ0n) is 19.9. The number of hydrogen-bond donors (Lipinski definition) is 0. The molecule has 11 heteroatoms. The number of rotatable bonds is 11. The molecule has 196 valence electrons. The second kappa shape index (κ2) is 13.6. The Morgan fingerprint density at radius 1 is 0.649 bits per heavy atom. The van der Waals surface area contributed by atoms with Gasteiger partial charge in [0.05, 0.1) is 47.4 Å². The van der Waals surface area contributed by atoms with Gasteiger partial charge >= 0.3 is 11.9 Å². The van der Waals surface area contributed by atoms with Crippen molar-refractivity contribution in [3.63, 3.8) is 0 Å². The molecule has 0 spiro atoms. The summed E-state index contributed by atoms with van der Waals surface area (Å²) < 4.78 is 21.3. The number of benzene rings is 3. The third kappa shape index (κ3) is 7.14. The zero-order valence-corrected chi connectivity index (χ0v) is 23.0. The minimum absolute atomic E-state index is 0.0155. The van der Waals surface area contributed by atoms with E-state index in [4.69, 9.17) is 65.4 Å². The molecular formula is C26H23Cl4NO6. The van der Waals surface area contributed by atoms with Crippen molar-refractivity contribution in [1.82, 2.24) is 0 Å². The number of esters is 2. The molecule has 0 radical (unpaired) electrons. The van der Waals surface area contributed by atoms with Gasteiger partial charge in [-0.05, 0) is 36.4 Å². The van der Waals surface area contributed by atoms with Gasteiger partial charge in [0.2, 0.25) is 0 Å². The predicted molar refractivity (Wildman–Crippen MR) is 145 cm³/mol. The second-order valence-corrected chi connectivity index (χ2v) is 9.10. The normalized spacial score (nSPS) is 10.5. The first-order valence-corrected chi connectivity index (χ1v) is 12.5. The van der Waals surface area contributed by atoms with E-state index in [1.807, 2.05) is 35.2 Å². The number of methoxy groups -OCH3 is 2. The van der Waals surface area contributed by atoms with Gasteiger partial charge in [0, 0.05) is 5.69 Å². The standard InChI is InChI=1S/C26H23Cl4NO6/c1-34-23-19(29)10-8-17(27)21(23)25(32)36-14-12-31(16-6-4-3-5-7-16)13-15-37-26(33)22-18(28)9-11-20(30)24(22)35-2/h3-11H,12-15H2,1-2H3. The second-order valence-electron chi connectivity index (χ2n) is 7.47. The summed E-state index contributed by atoms with van der Waals surface area (Å²) in [6.07, 6.45) is 0. The average molecular weight is 587 g/mol. The first-order chi connectivity index (χ1) is 17.8. The van der Waals surface area contributed by atoms with Crippen molar-refractivity contribution in [2.75, 3.05) is 45.4 Å². The fraction of sp³-hybridized carbons (Fsp3) is 0.231. The van der Waals surface area contributed by atoms with E-state index in [-0.39, 0.29) is 55.9 Å². The third-order valence-corrected chi connectivity index (χ3v) is 6.47. The van der Waals surface area contributed by atoms with E-state index < -0.39 is 11.9 Å². The van der Waals surface area contributed by atoms with Crippen LogP contribution in [0, 0.1) is 0 Å². The van der Waals surface area contributed by atoms with Crippen LogP contribution in [0.5, 0.6) is 11.5 Å². The molecular weight excluding hydrogens is 564 g/mol. The Balaban J connectivity index is 1.66. The van der Waals surface area contributed by atoms with Crippen molar-refractivity contribution in [3.05, 3.63) is 85.8 Å². The summed E-state index contributed by atoms with van der Waals surface area (Å²) in [4.78, 5) is 27.4. The van der Waals surface area contributed by atoms with Crippen molar-refractivity contribution >= 4 is 64.0 Å². The lowest BCUT2D eigenvalue weighted by Crippen LogP contribution is -2.32. The highest BCUT2D eigenvalue weighted by molar-refractivity contribution is 6.37. The monoisotopic (exact) mass is 585 g/mol. The predicted octanol–water partition coefficient (Wildman–Crippen LogP) is 6.84. The van der Waals surface area contributed by atoms with Crippen LogP contribution in [0.4, 0.5) is 5.69 Å². The summed E-state index contributed by atoms with van der Waals surface area (Å²) in [5, 5.41) is 0.799.